The number of imide groups is 1. The first-order valence-electron chi connectivity index (χ1n) is 8.51. The van der Waals surface area contributed by atoms with Crippen LogP contribution in [-0.2, 0) is 29.3 Å². The molecule has 1 atom stereocenters. The Morgan fingerprint density at radius 2 is 2.19 bits per heavy atom. The molecule has 1 aromatic heterocycles. The van der Waals surface area contributed by atoms with Crippen molar-refractivity contribution in [1.29, 1.82) is 0 Å². The molecule has 0 bridgehead atoms. The molecule has 140 valence electrons. The number of fused-ring (bicyclic) bond motifs is 1. The highest BCUT2D eigenvalue weighted by molar-refractivity contribution is 6.05. The lowest BCUT2D eigenvalue weighted by Crippen LogP contribution is -2.52. The van der Waals surface area contributed by atoms with Crippen LogP contribution >= 0.6 is 0 Å². The topological polar surface area (TPSA) is 122 Å². The average molecular weight is 371 g/mol. The third-order valence-electron chi connectivity index (χ3n) is 4.68. The van der Waals surface area contributed by atoms with Crippen molar-refractivity contribution in [2.45, 2.75) is 38.6 Å². The van der Waals surface area contributed by atoms with Gasteiger partial charge < -0.3 is 19.3 Å². The second kappa shape index (κ2) is 6.84. The van der Waals surface area contributed by atoms with Gasteiger partial charge in [-0.15, -0.1) is 0 Å². The molecular weight excluding hydrogens is 354 g/mol. The highest BCUT2D eigenvalue weighted by Crippen LogP contribution is 2.33. The number of amides is 3. The second-order valence-electron chi connectivity index (χ2n) is 6.41. The Balaban J connectivity index is 1.52. The van der Waals surface area contributed by atoms with Gasteiger partial charge in [0.1, 0.15) is 24.1 Å². The van der Waals surface area contributed by atoms with E-state index in [2.05, 4.69) is 10.5 Å². The SMILES string of the molecule is O=C1CCC(N2Cc3c(OCc4cc(CO)no4)cccc3C2=O)C(=O)N1. The highest BCUT2D eigenvalue weighted by Gasteiger charge is 2.40. The first-order chi connectivity index (χ1) is 13.1. The first-order valence-corrected chi connectivity index (χ1v) is 8.51. The van der Waals surface area contributed by atoms with E-state index >= 15 is 0 Å². The van der Waals surface area contributed by atoms with Gasteiger partial charge in [0, 0.05) is 23.6 Å². The molecule has 9 heteroatoms. The number of hydrogen-bond donors (Lipinski definition) is 2. The third kappa shape index (κ3) is 3.17. The largest absolute Gasteiger partial charge is 0.485 e. The molecule has 2 aliphatic rings. The summed E-state index contributed by atoms with van der Waals surface area (Å²) in [7, 11) is 0. The summed E-state index contributed by atoms with van der Waals surface area (Å²) in [6, 6.07) is 6.05. The maximum absolute atomic E-state index is 12.7. The molecule has 1 unspecified atom stereocenters. The molecule has 4 rings (SSSR count). The van der Waals surface area contributed by atoms with Gasteiger partial charge in [-0.3, -0.25) is 19.7 Å². The Bertz CT molecular complexity index is 922. The number of carbonyl (C=O) groups excluding carboxylic acids is 3. The van der Waals surface area contributed by atoms with E-state index in [0.29, 0.717) is 34.8 Å². The van der Waals surface area contributed by atoms with Crippen molar-refractivity contribution in [3.63, 3.8) is 0 Å². The molecular formula is C18H17N3O6. The Kier molecular flexibility index (Phi) is 4.36. The second-order valence-corrected chi connectivity index (χ2v) is 6.41. The maximum Gasteiger partial charge on any atom is 0.255 e. The number of aliphatic hydroxyl groups excluding tert-OH is 1. The molecule has 3 amide bonds. The van der Waals surface area contributed by atoms with E-state index in [9.17, 15) is 14.4 Å². The minimum Gasteiger partial charge on any atom is -0.485 e. The van der Waals surface area contributed by atoms with Crippen molar-refractivity contribution in [1.82, 2.24) is 15.4 Å². The van der Waals surface area contributed by atoms with Crippen molar-refractivity contribution in [2.75, 3.05) is 0 Å². The van der Waals surface area contributed by atoms with Crippen molar-refractivity contribution in [2.24, 2.45) is 0 Å². The molecule has 0 aliphatic carbocycles. The fourth-order valence-corrected chi connectivity index (χ4v) is 3.34. The summed E-state index contributed by atoms with van der Waals surface area (Å²) in [6.45, 7) is 0.102. The summed E-state index contributed by atoms with van der Waals surface area (Å²) in [4.78, 5) is 37.7. The summed E-state index contributed by atoms with van der Waals surface area (Å²) in [5, 5.41) is 15.0. The minimum atomic E-state index is -0.670. The van der Waals surface area contributed by atoms with Gasteiger partial charge in [0.25, 0.3) is 5.91 Å². The molecule has 0 spiro atoms. The smallest absolute Gasteiger partial charge is 0.255 e. The van der Waals surface area contributed by atoms with Crippen LogP contribution in [-0.4, -0.2) is 38.9 Å². The molecule has 3 heterocycles. The number of rotatable bonds is 5. The molecule has 0 radical (unpaired) electrons. The van der Waals surface area contributed by atoms with Gasteiger partial charge in [0.15, 0.2) is 5.76 Å². The van der Waals surface area contributed by atoms with E-state index in [1.807, 2.05) is 0 Å². The van der Waals surface area contributed by atoms with Crippen LogP contribution in [0, 0.1) is 0 Å². The monoisotopic (exact) mass is 371 g/mol. The van der Waals surface area contributed by atoms with E-state index in [-0.39, 0.29) is 38.0 Å². The van der Waals surface area contributed by atoms with Crippen LogP contribution in [0.5, 0.6) is 5.75 Å². The Labute approximate surface area is 153 Å². The first kappa shape index (κ1) is 17.2. The summed E-state index contributed by atoms with van der Waals surface area (Å²) < 4.78 is 10.8. The number of piperidine rings is 1. The van der Waals surface area contributed by atoms with Crippen molar-refractivity contribution < 1.29 is 28.8 Å². The highest BCUT2D eigenvalue weighted by atomic mass is 16.5. The number of ether oxygens (including phenoxy) is 1. The number of nitrogens with one attached hydrogen (secondary N) is 1. The number of aliphatic hydroxyl groups is 1. The lowest BCUT2D eigenvalue weighted by molar-refractivity contribution is -0.136. The molecule has 2 aliphatic heterocycles. The third-order valence-corrected chi connectivity index (χ3v) is 4.68. The molecule has 0 saturated carbocycles. The van der Waals surface area contributed by atoms with Crippen LogP contribution in [0.25, 0.3) is 0 Å². The zero-order chi connectivity index (χ0) is 19.0. The van der Waals surface area contributed by atoms with E-state index in [1.54, 1.807) is 24.3 Å². The normalized spacial score (nSPS) is 19.2. The predicted octanol–water partition coefficient (Wildman–Crippen LogP) is 0.507. The van der Waals surface area contributed by atoms with Crippen LogP contribution in [0.2, 0.25) is 0 Å². The van der Waals surface area contributed by atoms with Crippen molar-refractivity contribution >= 4 is 17.7 Å². The van der Waals surface area contributed by atoms with E-state index in [4.69, 9.17) is 14.4 Å². The molecule has 2 N–H and O–H groups in total. The lowest BCUT2D eigenvalue weighted by Gasteiger charge is -2.29. The van der Waals surface area contributed by atoms with E-state index in [0.717, 1.165) is 0 Å². The zero-order valence-electron chi connectivity index (χ0n) is 14.3. The zero-order valence-corrected chi connectivity index (χ0v) is 14.3. The molecule has 1 aromatic carbocycles. The number of nitrogens with zero attached hydrogens (tertiary/aromatic N) is 2. The van der Waals surface area contributed by atoms with E-state index < -0.39 is 11.9 Å². The summed E-state index contributed by atoms with van der Waals surface area (Å²) in [6.07, 6.45) is 0.515. The van der Waals surface area contributed by atoms with E-state index in [1.165, 1.54) is 4.90 Å². The number of benzene rings is 1. The number of carbonyl (C=O) groups is 3. The van der Waals surface area contributed by atoms with Gasteiger partial charge >= 0.3 is 0 Å². The van der Waals surface area contributed by atoms with Crippen molar-refractivity contribution in [3.05, 3.63) is 46.8 Å². The van der Waals surface area contributed by atoms with Gasteiger partial charge in [-0.1, -0.05) is 11.2 Å². The van der Waals surface area contributed by atoms with Crippen LogP contribution in [0.15, 0.2) is 28.8 Å². The fraction of sp³-hybridized carbons (Fsp3) is 0.333. The predicted molar refractivity (Wildman–Crippen MR) is 89.2 cm³/mol. The van der Waals surface area contributed by atoms with Gasteiger partial charge in [-0.2, -0.15) is 0 Å². The quantitative estimate of drug-likeness (QED) is 0.734. The number of hydrogen-bond acceptors (Lipinski definition) is 7. The maximum atomic E-state index is 12.7. The fourth-order valence-electron chi connectivity index (χ4n) is 3.34. The van der Waals surface area contributed by atoms with Crippen LogP contribution in [0.1, 0.15) is 40.2 Å². The molecule has 1 saturated heterocycles. The standard InChI is InChI=1S/C18H17N3O6/c22-8-10-6-11(27-20-10)9-26-15-3-1-2-12-13(15)7-21(18(12)25)14-4-5-16(23)19-17(14)24/h1-3,6,14,22H,4-5,7-9H2,(H,19,23,24). The molecule has 2 aromatic rings. The van der Waals surface area contributed by atoms with Crippen LogP contribution < -0.4 is 10.1 Å². The van der Waals surface area contributed by atoms with Gasteiger partial charge in [-0.25, -0.2) is 0 Å². The molecule has 27 heavy (non-hydrogen) atoms. The van der Waals surface area contributed by atoms with Gasteiger partial charge in [-0.05, 0) is 18.6 Å². The Morgan fingerprint density at radius 1 is 1.33 bits per heavy atom. The Hall–Kier alpha value is -3.20. The minimum absolute atomic E-state index is 0.0933. The van der Waals surface area contributed by atoms with Crippen molar-refractivity contribution in [3.8, 4) is 5.75 Å². The average Bonchev–Trinajstić information content (AvgIpc) is 3.25. The van der Waals surface area contributed by atoms with Crippen LogP contribution in [0.4, 0.5) is 0 Å². The summed E-state index contributed by atoms with van der Waals surface area (Å²) in [5.74, 6) is -0.0698. The Morgan fingerprint density at radius 3 is 2.93 bits per heavy atom. The molecule has 9 nitrogen and oxygen atoms in total. The van der Waals surface area contributed by atoms with Gasteiger partial charge in [0.05, 0.1) is 13.2 Å². The van der Waals surface area contributed by atoms with Gasteiger partial charge in [0.2, 0.25) is 11.8 Å². The van der Waals surface area contributed by atoms with Crippen LogP contribution in [0.3, 0.4) is 0 Å². The lowest BCUT2D eigenvalue weighted by atomic mass is 10.0. The molecule has 1 fully saturated rings. The number of aromatic nitrogens is 1. The summed E-state index contributed by atoms with van der Waals surface area (Å²) in [5.41, 5.74) is 1.58. The summed E-state index contributed by atoms with van der Waals surface area (Å²) >= 11 is 0.